The van der Waals surface area contributed by atoms with Gasteiger partial charge in [-0.1, -0.05) is 53.5 Å². The van der Waals surface area contributed by atoms with Crippen LogP contribution in [0, 0.1) is 0 Å². The molecule has 0 aromatic heterocycles. The molecule has 0 bridgehead atoms. The van der Waals surface area contributed by atoms with Crippen LogP contribution in [-0.4, -0.2) is 10.1 Å². The number of hydrogen-bond acceptors (Lipinski definition) is 1. The highest BCUT2D eigenvalue weighted by atomic mass is 35.5. The van der Waals surface area contributed by atoms with Gasteiger partial charge in [-0.3, -0.25) is 4.79 Å². The lowest BCUT2D eigenvalue weighted by atomic mass is 9.92. The molecule has 0 saturated carbocycles. The standard InChI is InChI=1S/C14H8Cl2O/c15-14(16)6-5-11-7-9-3-1-2-4-10(9)8-12(11)13(14)17/h1-8H. The van der Waals surface area contributed by atoms with E-state index in [1.807, 2.05) is 36.4 Å². The lowest BCUT2D eigenvalue weighted by Gasteiger charge is -2.20. The van der Waals surface area contributed by atoms with Crippen LogP contribution in [0.3, 0.4) is 0 Å². The Kier molecular flexibility index (Phi) is 2.29. The van der Waals surface area contributed by atoms with Crippen LogP contribution in [0.4, 0.5) is 0 Å². The van der Waals surface area contributed by atoms with Crippen molar-refractivity contribution in [3.05, 3.63) is 53.6 Å². The van der Waals surface area contributed by atoms with E-state index in [9.17, 15) is 4.79 Å². The second-order valence-corrected chi connectivity index (χ2v) is 5.46. The first kappa shape index (κ1) is 10.8. The number of carbonyl (C=O) groups excluding carboxylic acids is 1. The summed E-state index contributed by atoms with van der Waals surface area (Å²) in [5.41, 5.74) is 1.45. The largest absolute Gasteiger partial charge is 0.290 e. The maximum atomic E-state index is 12.1. The van der Waals surface area contributed by atoms with Gasteiger partial charge in [0, 0.05) is 5.56 Å². The zero-order chi connectivity index (χ0) is 12.0. The van der Waals surface area contributed by atoms with Gasteiger partial charge in [0.2, 0.25) is 5.78 Å². The summed E-state index contributed by atoms with van der Waals surface area (Å²) in [5.74, 6) is -0.260. The number of fused-ring (bicyclic) bond motifs is 2. The van der Waals surface area contributed by atoms with Gasteiger partial charge in [-0.2, -0.15) is 0 Å². The first-order valence-corrected chi connectivity index (χ1v) is 5.98. The Bertz CT molecular complexity index is 656. The molecule has 0 heterocycles. The van der Waals surface area contributed by atoms with E-state index in [2.05, 4.69) is 0 Å². The molecule has 1 aliphatic rings. The molecule has 0 fully saturated rings. The smallest absolute Gasteiger partial charge is 0.203 e. The SMILES string of the molecule is O=C1c2cc3ccccc3cc2C=CC1(Cl)Cl. The second kappa shape index (κ2) is 3.59. The first-order chi connectivity index (χ1) is 8.08. The molecule has 3 heteroatoms. The Morgan fingerprint density at radius 1 is 1.00 bits per heavy atom. The number of ketones is 1. The van der Waals surface area contributed by atoms with Crippen LogP contribution in [0.1, 0.15) is 15.9 Å². The quantitative estimate of drug-likeness (QED) is 0.650. The minimum absolute atomic E-state index is 0.260. The summed E-state index contributed by atoms with van der Waals surface area (Å²) in [6, 6.07) is 11.7. The van der Waals surface area contributed by atoms with E-state index in [0.29, 0.717) is 5.56 Å². The third-order valence-electron chi connectivity index (χ3n) is 2.94. The molecule has 2 aromatic carbocycles. The van der Waals surface area contributed by atoms with Crippen LogP contribution in [0.15, 0.2) is 42.5 Å². The maximum Gasteiger partial charge on any atom is 0.203 e. The van der Waals surface area contributed by atoms with E-state index in [4.69, 9.17) is 23.2 Å². The number of rotatable bonds is 0. The van der Waals surface area contributed by atoms with Gasteiger partial charge in [0.25, 0.3) is 0 Å². The van der Waals surface area contributed by atoms with Crippen molar-refractivity contribution in [3.63, 3.8) is 0 Å². The van der Waals surface area contributed by atoms with Crippen molar-refractivity contribution in [2.45, 2.75) is 4.33 Å². The van der Waals surface area contributed by atoms with E-state index in [-0.39, 0.29) is 5.78 Å². The highest BCUT2D eigenvalue weighted by Crippen LogP contribution is 2.35. The molecule has 0 amide bonds. The Balaban J connectivity index is 2.32. The van der Waals surface area contributed by atoms with Gasteiger partial charge in [-0.05, 0) is 34.5 Å². The molecular formula is C14H8Cl2O. The molecular weight excluding hydrogens is 255 g/mol. The Labute approximate surface area is 109 Å². The number of hydrogen-bond donors (Lipinski definition) is 0. The Morgan fingerprint density at radius 3 is 2.35 bits per heavy atom. The van der Waals surface area contributed by atoms with Crippen molar-refractivity contribution in [2.24, 2.45) is 0 Å². The highest BCUT2D eigenvalue weighted by molar-refractivity contribution is 6.62. The highest BCUT2D eigenvalue weighted by Gasteiger charge is 2.35. The number of Topliss-reactive ketones (excluding diaryl/α,β-unsaturated/α-hetero) is 1. The van der Waals surface area contributed by atoms with Gasteiger partial charge >= 0.3 is 0 Å². The van der Waals surface area contributed by atoms with Gasteiger partial charge in [0.15, 0.2) is 4.33 Å². The van der Waals surface area contributed by atoms with Crippen LogP contribution < -0.4 is 0 Å². The normalized spacial score (nSPS) is 17.2. The molecule has 3 rings (SSSR count). The van der Waals surface area contributed by atoms with Crippen molar-refractivity contribution in [3.8, 4) is 0 Å². The Morgan fingerprint density at radius 2 is 1.65 bits per heavy atom. The van der Waals surface area contributed by atoms with Gasteiger partial charge in [-0.25, -0.2) is 0 Å². The fourth-order valence-corrected chi connectivity index (χ4v) is 2.37. The lowest BCUT2D eigenvalue weighted by Crippen LogP contribution is -2.26. The molecule has 0 atom stereocenters. The van der Waals surface area contributed by atoms with Crippen LogP contribution in [-0.2, 0) is 0 Å². The molecule has 1 aliphatic carbocycles. The van der Waals surface area contributed by atoms with Crippen molar-refractivity contribution >= 4 is 45.8 Å². The molecule has 0 radical (unpaired) electrons. The summed E-state index contributed by atoms with van der Waals surface area (Å²) in [6.07, 6.45) is 3.32. The summed E-state index contributed by atoms with van der Waals surface area (Å²) < 4.78 is -1.44. The third-order valence-corrected chi connectivity index (χ3v) is 3.53. The summed E-state index contributed by atoms with van der Waals surface area (Å²) in [4.78, 5) is 12.1. The van der Waals surface area contributed by atoms with Crippen LogP contribution >= 0.6 is 23.2 Å². The number of carbonyl (C=O) groups is 1. The van der Waals surface area contributed by atoms with E-state index in [1.54, 1.807) is 6.08 Å². The molecule has 2 aromatic rings. The average molecular weight is 263 g/mol. The van der Waals surface area contributed by atoms with Crippen molar-refractivity contribution in [1.82, 2.24) is 0 Å². The lowest BCUT2D eigenvalue weighted by molar-refractivity contribution is 0.0986. The van der Waals surface area contributed by atoms with Crippen molar-refractivity contribution < 1.29 is 4.79 Å². The summed E-state index contributed by atoms with van der Waals surface area (Å²) in [5, 5.41) is 2.11. The van der Waals surface area contributed by atoms with E-state index in [0.717, 1.165) is 16.3 Å². The van der Waals surface area contributed by atoms with Crippen LogP contribution in [0.2, 0.25) is 0 Å². The predicted molar refractivity (Wildman–Crippen MR) is 71.7 cm³/mol. The molecule has 0 aliphatic heterocycles. The van der Waals surface area contributed by atoms with E-state index in [1.165, 1.54) is 6.08 Å². The topological polar surface area (TPSA) is 17.1 Å². The van der Waals surface area contributed by atoms with Gasteiger partial charge in [-0.15, -0.1) is 0 Å². The number of allylic oxidation sites excluding steroid dienone is 1. The molecule has 17 heavy (non-hydrogen) atoms. The average Bonchev–Trinajstić information content (AvgIpc) is 2.33. The number of benzene rings is 2. The fourth-order valence-electron chi connectivity index (χ4n) is 2.04. The second-order valence-electron chi connectivity index (χ2n) is 4.07. The zero-order valence-electron chi connectivity index (χ0n) is 8.78. The molecule has 0 spiro atoms. The third kappa shape index (κ3) is 1.67. The monoisotopic (exact) mass is 262 g/mol. The summed E-state index contributed by atoms with van der Waals surface area (Å²) >= 11 is 11.9. The summed E-state index contributed by atoms with van der Waals surface area (Å²) in [7, 11) is 0. The van der Waals surface area contributed by atoms with E-state index >= 15 is 0 Å². The van der Waals surface area contributed by atoms with Gasteiger partial charge < -0.3 is 0 Å². The predicted octanol–water partition coefficient (Wildman–Crippen LogP) is 4.22. The fraction of sp³-hybridized carbons (Fsp3) is 0.0714. The van der Waals surface area contributed by atoms with Crippen LogP contribution in [0.25, 0.3) is 16.8 Å². The van der Waals surface area contributed by atoms with Gasteiger partial charge in [0.1, 0.15) is 0 Å². The maximum absolute atomic E-state index is 12.1. The minimum atomic E-state index is -1.44. The zero-order valence-corrected chi connectivity index (χ0v) is 10.3. The van der Waals surface area contributed by atoms with Crippen molar-refractivity contribution in [2.75, 3.05) is 0 Å². The first-order valence-electron chi connectivity index (χ1n) is 5.22. The number of halogens is 2. The molecule has 0 N–H and O–H groups in total. The summed E-state index contributed by atoms with van der Waals surface area (Å²) in [6.45, 7) is 0. The molecule has 1 nitrogen and oxygen atoms in total. The minimum Gasteiger partial charge on any atom is -0.290 e. The van der Waals surface area contributed by atoms with E-state index < -0.39 is 4.33 Å². The molecule has 0 unspecified atom stereocenters. The Hall–Kier alpha value is -1.31. The molecule has 84 valence electrons. The number of alkyl halides is 2. The molecule has 0 saturated heterocycles. The van der Waals surface area contributed by atoms with Crippen molar-refractivity contribution in [1.29, 1.82) is 0 Å². The van der Waals surface area contributed by atoms with Gasteiger partial charge in [0.05, 0.1) is 0 Å². The van der Waals surface area contributed by atoms with Crippen LogP contribution in [0.5, 0.6) is 0 Å².